The molecule has 170 valence electrons. The first-order valence-corrected chi connectivity index (χ1v) is 10.7. The molecule has 0 atom stereocenters. The highest BCUT2D eigenvalue weighted by Gasteiger charge is 2.14. The Kier molecular flexibility index (Phi) is 8.23. The third-order valence-corrected chi connectivity index (χ3v) is 5.07. The Hall–Kier alpha value is -3.62. The first-order chi connectivity index (χ1) is 15.9. The van der Waals surface area contributed by atoms with Crippen LogP contribution in [0.5, 0.6) is 11.5 Å². The Bertz CT molecular complexity index is 1190. The number of benzene rings is 3. The summed E-state index contributed by atoms with van der Waals surface area (Å²) in [5, 5.41) is 8.69. The van der Waals surface area contributed by atoms with E-state index < -0.39 is 5.91 Å². The molecule has 0 aliphatic rings. The van der Waals surface area contributed by atoms with Gasteiger partial charge in [0.25, 0.3) is 11.8 Å². The molecule has 0 aliphatic carbocycles. The number of hydrogen-bond donors (Lipinski definition) is 3. The molecule has 9 heteroatoms. The SMILES string of the molecule is COc1cc(NC(=S)NC(=O)COc2ccccc2C)ccc1NC(=O)c1ccccc1Cl. The van der Waals surface area contributed by atoms with Crippen molar-refractivity contribution in [3.8, 4) is 11.5 Å². The maximum atomic E-state index is 12.5. The Morgan fingerprint density at radius 2 is 1.70 bits per heavy atom. The quantitative estimate of drug-likeness (QED) is 0.418. The predicted molar refractivity (Wildman–Crippen MR) is 133 cm³/mol. The molecule has 3 aromatic rings. The van der Waals surface area contributed by atoms with Crippen LogP contribution in [0.3, 0.4) is 0 Å². The number of thiocarbonyl (C=S) groups is 1. The number of hydrogen-bond acceptors (Lipinski definition) is 5. The molecule has 0 radical (unpaired) electrons. The molecule has 33 heavy (non-hydrogen) atoms. The monoisotopic (exact) mass is 483 g/mol. The Morgan fingerprint density at radius 1 is 0.970 bits per heavy atom. The molecular formula is C24H22ClN3O4S. The molecule has 3 N–H and O–H groups in total. The van der Waals surface area contributed by atoms with Crippen molar-refractivity contribution in [3.63, 3.8) is 0 Å². The van der Waals surface area contributed by atoms with Crippen molar-refractivity contribution in [2.24, 2.45) is 0 Å². The number of ether oxygens (including phenoxy) is 2. The fraction of sp³-hybridized carbons (Fsp3) is 0.125. The van der Waals surface area contributed by atoms with E-state index in [1.54, 1.807) is 48.5 Å². The lowest BCUT2D eigenvalue weighted by Gasteiger charge is -2.14. The summed E-state index contributed by atoms with van der Waals surface area (Å²) in [5.74, 6) is 0.269. The lowest BCUT2D eigenvalue weighted by atomic mass is 10.2. The van der Waals surface area contributed by atoms with Gasteiger partial charge in [-0.3, -0.25) is 14.9 Å². The number of amides is 2. The van der Waals surface area contributed by atoms with Crippen molar-refractivity contribution in [1.29, 1.82) is 0 Å². The van der Waals surface area contributed by atoms with E-state index in [-0.39, 0.29) is 17.6 Å². The lowest BCUT2D eigenvalue weighted by Crippen LogP contribution is -2.37. The van der Waals surface area contributed by atoms with Gasteiger partial charge in [-0.25, -0.2) is 0 Å². The average molecular weight is 484 g/mol. The highest BCUT2D eigenvalue weighted by atomic mass is 35.5. The van der Waals surface area contributed by atoms with Crippen molar-refractivity contribution in [3.05, 3.63) is 82.9 Å². The van der Waals surface area contributed by atoms with Crippen LogP contribution in [-0.2, 0) is 4.79 Å². The summed E-state index contributed by atoms with van der Waals surface area (Å²) >= 11 is 11.3. The summed E-state index contributed by atoms with van der Waals surface area (Å²) in [6.07, 6.45) is 0. The molecule has 0 spiro atoms. The number of nitrogens with one attached hydrogen (secondary N) is 3. The van der Waals surface area contributed by atoms with Crippen molar-refractivity contribution >= 4 is 52.1 Å². The van der Waals surface area contributed by atoms with Crippen molar-refractivity contribution in [2.45, 2.75) is 6.92 Å². The standard InChI is InChI=1S/C24H22ClN3O4S/c1-15-7-3-6-10-20(15)32-14-22(29)28-24(33)26-16-11-12-19(21(13-16)31-2)27-23(30)17-8-4-5-9-18(17)25/h3-13H,14H2,1-2H3,(H,27,30)(H2,26,28,29,33). The smallest absolute Gasteiger partial charge is 0.264 e. The third-order valence-electron chi connectivity index (χ3n) is 4.53. The minimum Gasteiger partial charge on any atom is -0.494 e. The summed E-state index contributed by atoms with van der Waals surface area (Å²) in [4.78, 5) is 24.7. The van der Waals surface area contributed by atoms with Crippen molar-refractivity contribution in [1.82, 2.24) is 5.32 Å². The molecule has 3 rings (SSSR count). The molecule has 0 unspecified atom stereocenters. The highest BCUT2D eigenvalue weighted by Crippen LogP contribution is 2.29. The van der Waals surface area contributed by atoms with E-state index in [0.29, 0.717) is 33.5 Å². The molecule has 7 nitrogen and oxygen atoms in total. The zero-order valence-electron chi connectivity index (χ0n) is 18.0. The van der Waals surface area contributed by atoms with Crippen LogP contribution in [0.4, 0.5) is 11.4 Å². The molecule has 0 saturated heterocycles. The lowest BCUT2D eigenvalue weighted by molar-refractivity contribution is -0.121. The van der Waals surface area contributed by atoms with Gasteiger partial charge in [0.15, 0.2) is 11.7 Å². The largest absolute Gasteiger partial charge is 0.494 e. The van der Waals surface area contributed by atoms with Crippen LogP contribution in [0.1, 0.15) is 15.9 Å². The van der Waals surface area contributed by atoms with Crippen LogP contribution in [0, 0.1) is 6.92 Å². The van der Waals surface area contributed by atoms with Gasteiger partial charge in [0.1, 0.15) is 11.5 Å². The maximum Gasteiger partial charge on any atom is 0.264 e. The number of carbonyl (C=O) groups is 2. The number of rotatable bonds is 7. The molecule has 0 aromatic heterocycles. The summed E-state index contributed by atoms with van der Waals surface area (Å²) < 4.78 is 10.9. The van der Waals surface area contributed by atoms with E-state index in [1.807, 2.05) is 25.1 Å². The van der Waals surface area contributed by atoms with Gasteiger partial charge in [0.2, 0.25) is 0 Å². The van der Waals surface area contributed by atoms with Crippen molar-refractivity contribution < 1.29 is 19.1 Å². The number of para-hydroxylation sites is 1. The second-order valence-electron chi connectivity index (χ2n) is 6.91. The van der Waals surface area contributed by atoms with Gasteiger partial charge in [-0.1, -0.05) is 41.9 Å². The minimum absolute atomic E-state index is 0.100. The minimum atomic E-state index is -0.397. The van der Waals surface area contributed by atoms with Gasteiger partial charge in [-0.15, -0.1) is 0 Å². The van der Waals surface area contributed by atoms with Gasteiger partial charge in [-0.2, -0.15) is 0 Å². The Balaban J connectivity index is 1.58. The normalized spacial score (nSPS) is 10.2. The zero-order valence-corrected chi connectivity index (χ0v) is 19.5. The van der Waals surface area contributed by atoms with E-state index in [0.717, 1.165) is 5.56 Å². The molecule has 0 aliphatic heterocycles. The molecular weight excluding hydrogens is 462 g/mol. The number of aryl methyl sites for hydroxylation is 1. The summed E-state index contributed by atoms with van der Waals surface area (Å²) in [5.41, 5.74) is 2.29. The first kappa shape index (κ1) is 24.0. The Morgan fingerprint density at radius 3 is 2.42 bits per heavy atom. The van der Waals surface area contributed by atoms with Crippen molar-refractivity contribution in [2.75, 3.05) is 24.4 Å². The topological polar surface area (TPSA) is 88.7 Å². The molecule has 3 aromatic carbocycles. The van der Waals surface area contributed by atoms with Crippen LogP contribution >= 0.6 is 23.8 Å². The van der Waals surface area contributed by atoms with E-state index >= 15 is 0 Å². The van der Waals surface area contributed by atoms with E-state index in [4.69, 9.17) is 33.3 Å². The summed E-state index contributed by atoms with van der Waals surface area (Å²) in [6, 6.07) is 19.1. The van der Waals surface area contributed by atoms with Crippen LogP contribution in [0.15, 0.2) is 66.7 Å². The van der Waals surface area contributed by atoms with Crippen LogP contribution in [0.25, 0.3) is 0 Å². The van der Waals surface area contributed by atoms with Gasteiger partial charge in [-0.05, 0) is 55.0 Å². The fourth-order valence-corrected chi connectivity index (χ4v) is 3.35. The molecule has 0 heterocycles. The number of halogens is 1. The third kappa shape index (κ3) is 6.68. The predicted octanol–water partition coefficient (Wildman–Crippen LogP) is 4.80. The van der Waals surface area contributed by atoms with E-state index in [9.17, 15) is 9.59 Å². The van der Waals surface area contributed by atoms with E-state index in [2.05, 4.69) is 16.0 Å². The van der Waals surface area contributed by atoms with Gasteiger partial charge >= 0.3 is 0 Å². The second kappa shape index (κ2) is 11.3. The molecule has 0 fully saturated rings. The van der Waals surface area contributed by atoms with Crippen LogP contribution < -0.4 is 25.4 Å². The van der Waals surface area contributed by atoms with Crippen LogP contribution in [-0.4, -0.2) is 30.6 Å². The zero-order chi connectivity index (χ0) is 23.8. The molecule has 0 bridgehead atoms. The first-order valence-electron chi connectivity index (χ1n) is 9.90. The van der Waals surface area contributed by atoms with Gasteiger partial charge in [0.05, 0.1) is 23.4 Å². The summed E-state index contributed by atoms with van der Waals surface area (Å²) in [6.45, 7) is 1.72. The fourth-order valence-electron chi connectivity index (χ4n) is 2.89. The average Bonchev–Trinajstić information content (AvgIpc) is 2.79. The number of carbonyl (C=O) groups excluding carboxylic acids is 2. The van der Waals surface area contributed by atoms with E-state index in [1.165, 1.54) is 7.11 Å². The second-order valence-corrected chi connectivity index (χ2v) is 7.72. The molecule has 2 amide bonds. The number of anilines is 2. The Labute approximate surface area is 202 Å². The maximum absolute atomic E-state index is 12.5. The summed E-state index contributed by atoms with van der Waals surface area (Å²) in [7, 11) is 1.48. The van der Waals surface area contributed by atoms with Gasteiger partial charge < -0.3 is 20.1 Å². The van der Waals surface area contributed by atoms with Gasteiger partial charge in [0, 0.05) is 11.8 Å². The number of methoxy groups -OCH3 is 1. The molecule has 0 saturated carbocycles. The van der Waals surface area contributed by atoms with Crippen LogP contribution in [0.2, 0.25) is 5.02 Å². The highest BCUT2D eigenvalue weighted by molar-refractivity contribution is 7.80.